The molecule has 5 rings (SSSR count). The molecule has 0 unspecified atom stereocenters. The van der Waals surface area contributed by atoms with E-state index < -0.39 is 0 Å². The summed E-state index contributed by atoms with van der Waals surface area (Å²) >= 11 is 10.2. The Morgan fingerprint density at radius 1 is 0.929 bits per heavy atom. The highest BCUT2D eigenvalue weighted by molar-refractivity contribution is 9.10. The molecule has 0 fully saturated rings. The third-order valence-electron chi connectivity index (χ3n) is 4.09. The summed E-state index contributed by atoms with van der Waals surface area (Å²) in [5.74, 6) is 0.619. The molecule has 0 aliphatic carbocycles. The maximum absolute atomic E-state index is 4.80. The zero-order valence-corrected chi connectivity index (χ0v) is 19.5. The standard InChI is InChI=1S/C18H12Br2N6S2/c1-25(2)15-22-16(23-17-21-11-5-3-9(19)7-13(11)27-17)26-12-6-4-10(20)8-14(12)28-18(26)24-15/h3-8H,1-2H3/b23-16-. The Hall–Kier alpha value is -1.88. The van der Waals surface area contributed by atoms with Gasteiger partial charge in [0, 0.05) is 23.0 Å². The van der Waals surface area contributed by atoms with Crippen molar-refractivity contribution in [1.82, 2.24) is 19.4 Å². The molecular weight excluding hydrogens is 524 g/mol. The van der Waals surface area contributed by atoms with Gasteiger partial charge in [0.25, 0.3) is 0 Å². The molecule has 0 spiro atoms. The average Bonchev–Trinajstić information content (AvgIpc) is 3.20. The zero-order chi connectivity index (χ0) is 19.4. The fraction of sp³-hybridized carbons (Fsp3) is 0.111. The molecule has 3 aromatic heterocycles. The number of nitrogens with zero attached hydrogens (tertiary/aromatic N) is 6. The quantitative estimate of drug-likeness (QED) is 0.304. The van der Waals surface area contributed by atoms with Crippen LogP contribution in [0.5, 0.6) is 0 Å². The van der Waals surface area contributed by atoms with Crippen molar-refractivity contribution in [2.24, 2.45) is 4.99 Å². The van der Waals surface area contributed by atoms with Crippen LogP contribution in [0.2, 0.25) is 0 Å². The van der Waals surface area contributed by atoms with E-state index in [2.05, 4.69) is 55.0 Å². The van der Waals surface area contributed by atoms with E-state index in [4.69, 9.17) is 15.0 Å². The fourth-order valence-corrected chi connectivity index (χ4v) is 5.75. The van der Waals surface area contributed by atoms with Crippen molar-refractivity contribution in [3.8, 4) is 0 Å². The molecule has 0 N–H and O–H groups in total. The highest BCUT2D eigenvalue weighted by Gasteiger charge is 2.12. The van der Waals surface area contributed by atoms with Crippen molar-refractivity contribution in [3.05, 3.63) is 51.0 Å². The maximum Gasteiger partial charge on any atom is 0.242 e. The molecule has 0 bridgehead atoms. The first kappa shape index (κ1) is 18.2. The number of halogens is 2. The number of anilines is 1. The number of aromatic nitrogens is 4. The number of rotatable bonds is 2. The van der Waals surface area contributed by atoms with Crippen LogP contribution < -0.4 is 10.5 Å². The minimum absolute atomic E-state index is 0.570. The molecular formula is C18H12Br2N6S2. The van der Waals surface area contributed by atoms with Crippen LogP contribution >= 0.6 is 54.5 Å². The Morgan fingerprint density at radius 2 is 1.68 bits per heavy atom. The molecule has 6 nitrogen and oxygen atoms in total. The first-order valence-corrected chi connectivity index (χ1v) is 11.5. The molecule has 0 saturated carbocycles. The normalized spacial score (nSPS) is 12.5. The van der Waals surface area contributed by atoms with E-state index >= 15 is 0 Å². The summed E-state index contributed by atoms with van der Waals surface area (Å²) in [4.78, 5) is 21.6. The summed E-state index contributed by atoms with van der Waals surface area (Å²) < 4.78 is 6.24. The first-order valence-electron chi connectivity index (χ1n) is 8.25. The van der Waals surface area contributed by atoms with Crippen LogP contribution in [0.25, 0.3) is 25.4 Å². The zero-order valence-electron chi connectivity index (χ0n) is 14.7. The monoisotopic (exact) mass is 534 g/mol. The van der Waals surface area contributed by atoms with Crippen LogP contribution in [-0.4, -0.2) is 33.4 Å². The van der Waals surface area contributed by atoms with E-state index in [1.54, 1.807) is 22.7 Å². The van der Waals surface area contributed by atoms with Crippen molar-refractivity contribution in [3.63, 3.8) is 0 Å². The Morgan fingerprint density at radius 3 is 2.46 bits per heavy atom. The van der Waals surface area contributed by atoms with Gasteiger partial charge in [-0.1, -0.05) is 54.5 Å². The fourth-order valence-electron chi connectivity index (χ4n) is 2.81. The summed E-state index contributed by atoms with van der Waals surface area (Å²) in [7, 11) is 3.85. The maximum atomic E-state index is 4.80. The van der Waals surface area contributed by atoms with Gasteiger partial charge in [0.1, 0.15) is 0 Å². The van der Waals surface area contributed by atoms with Crippen molar-refractivity contribution in [2.75, 3.05) is 19.0 Å². The Bertz CT molecular complexity index is 1430. The topological polar surface area (TPSA) is 58.7 Å². The molecule has 5 aromatic rings. The summed E-state index contributed by atoms with van der Waals surface area (Å²) in [6.45, 7) is 0. The lowest BCUT2D eigenvalue weighted by atomic mass is 10.3. The van der Waals surface area contributed by atoms with Gasteiger partial charge < -0.3 is 4.90 Å². The van der Waals surface area contributed by atoms with Crippen LogP contribution in [-0.2, 0) is 0 Å². The molecule has 2 aromatic carbocycles. The van der Waals surface area contributed by atoms with Crippen molar-refractivity contribution in [1.29, 1.82) is 0 Å². The van der Waals surface area contributed by atoms with Gasteiger partial charge in [0.05, 0.1) is 20.4 Å². The second-order valence-corrected chi connectivity index (χ2v) is 10.1. The van der Waals surface area contributed by atoms with Gasteiger partial charge in [-0.15, -0.1) is 0 Å². The number of hydrogen-bond donors (Lipinski definition) is 0. The van der Waals surface area contributed by atoms with Crippen LogP contribution in [0, 0.1) is 0 Å². The SMILES string of the molecule is CN(C)c1n/c(=N/c2nc3ccc(Br)cc3s2)n2c(n1)sc1cc(Br)ccc12. The second kappa shape index (κ2) is 6.87. The number of thiazole rings is 2. The first-order chi connectivity index (χ1) is 13.5. The lowest BCUT2D eigenvalue weighted by Gasteiger charge is -2.09. The van der Waals surface area contributed by atoms with Gasteiger partial charge in [-0.05, 0) is 36.4 Å². The van der Waals surface area contributed by atoms with Crippen LogP contribution in [0.1, 0.15) is 0 Å². The van der Waals surface area contributed by atoms with Gasteiger partial charge in [0.15, 0.2) is 0 Å². The van der Waals surface area contributed by atoms with Crippen molar-refractivity contribution >= 4 is 91.0 Å². The smallest absolute Gasteiger partial charge is 0.242 e. The molecule has 28 heavy (non-hydrogen) atoms. The summed E-state index contributed by atoms with van der Waals surface area (Å²) in [6.07, 6.45) is 0. The molecule has 140 valence electrons. The van der Waals surface area contributed by atoms with Gasteiger partial charge >= 0.3 is 0 Å². The molecule has 0 aliphatic heterocycles. The van der Waals surface area contributed by atoms with E-state index in [0.29, 0.717) is 16.7 Å². The van der Waals surface area contributed by atoms with Gasteiger partial charge in [-0.2, -0.15) is 15.0 Å². The van der Waals surface area contributed by atoms with E-state index in [0.717, 1.165) is 34.3 Å². The molecule has 0 aliphatic rings. The van der Waals surface area contributed by atoms with Crippen LogP contribution in [0.3, 0.4) is 0 Å². The predicted octanol–water partition coefficient (Wildman–Crippen LogP) is 5.38. The number of benzene rings is 2. The van der Waals surface area contributed by atoms with Crippen LogP contribution in [0.15, 0.2) is 50.3 Å². The third-order valence-corrected chi connectivity index (χ3v) is 6.99. The van der Waals surface area contributed by atoms with Gasteiger partial charge in [-0.3, -0.25) is 4.40 Å². The molecule has 10 heteroatoms. The van der Waals surface area contributed by atoms with E-state index in [1.807, 2.05) is 41.6 Å². The predicted molar refractivity (Wildman–Crippen MR) is 123 cm³/mol. The molecule has 3 heterocycles. The summed E-state index contributed by atoms with van der Waals surface area (Å²) in [5, 5.41) is 0.668. The highest BCUT2D eigenvalue weighted by atomic mass is 79.9. The van der Waals surface area contributed by atoms with Gasteiger partial charge in [0.2, 0.25) is 21.7 Å². The lowest BCUT2D eigenvalue weighted by molar-refractivity contribution is 0.897. The second-order valence-electron chi connectivity index (χ2n) is 6.27. The minimum Gasteiger partial charge on any atom is -0.347 e. The highest BCUT2D eigenvalue weighted by Crippen LogP contribution is 2.31. The van der Waals surface area contributed by atoms with E-state index in [-0.39, 0.29) is 0 Å². The van der Waals surface area contributed by atoms with Crippen molar-refractivity contribution in [2.45, 2.75) is 0 Å². The summed E-state index contributed by atoms with van der Waals surface area (Å²) in [5.41, 5.74) is 2.52. The average molecular weight is 536 g/mol. The van der Waals surface area contributed by atoms with E-state index in [1.165, 1.54) is 0 Å². The largest absolute Gasteiger partial charge is 0.347 e. The Labute approximate surface area is 184 Å². The summed E-state index contributed by atoms with van der Waals surface area (Å²) in [6, 6.07) is 12.2. The molecule has 0 saturated heterocycles. The van der Waals surface area contributed by atoms with Gasteiger partial charge in [-0.25, -0.2) is 4.98 Å². The molecule has 0 amide bonds. The minimum atomic E-state index is 0.570. The Balaban J connectivity index is 1.84. The van der Waals surface area contributed by atoms with E-state index in [9.17, 15) is 0 Å². The number of fused-ring (bicyclic) bond motifs is 4. The number of hydrogen-bond acceptors (Lipinski definition) is 7. The molecule has 0 atom stereocenters. The third kappa shape index (κ3) is 3.14. The Kier molecular flexibility index (Phi) is 4.46. The van der Waals surface area contributed by atoms with Crippen molar-refractivity contribution < 1.29 is 0 Å². The lowest BCUT2D eigenvalue weighted by Crippen LogP contribution is -2.24. The van der Waals surface area contributed by atoms with Crippen LogP contribution in [0.4, 0.5) is 11.1 Å². The molecule has 0 radical (unpaired) electrons.